The molecular weight excluding hydrogens is 206 g/mol. The third-order valence-corrected chi connectivity index (χ3v) is 3.22. The van der Waals surface area contributed by atoms with E-state index in [1.807, 2.05) is 19.9 Å². The van der Waals surface area contributed by atoms with Crippen LogP contribution in [0.2, 0.25) is 0 Å². The first-order valence-corrected chi connectivity index (χ1v) is 5.07. The Morgan fingerprint density at radius 1 is 1.38 bits per heavy atom. The Balaban J connectivity index is 2.62. The minimum atomic E-state index is -0.824. The van der Waals surface area contributed by atoms with E-state index in [-0.39, 0.29) is 5.78 Å². The summed E-state index contributed by atoms with van der Waals surface area (Å²) >= 11 is 0. The minimum absolute atomic E-state index is 0.214. The molecule has 84 valence electrons. The molecule has 1 aliphatic rings. The molecule has 0 bridgehead atoms. The summed E-state index contributed by atoms with van der Waals surface area (Å²) in [6.45, 7) is 3.71. The molecular formula is C12H13NO3. The molecule has 2 rings (SSSR count). The molecule has 0 saturated heterocycles. The van der Waals surface area contributed by atoms with Crippen molar-refractivity contribution in [2.24, 2.45) is 5.18 Å². The number of nitroso groups, excluding NO2 is 1. The van der Waals surface area contributed by atoms with Crippen molar-refractivity contribution in [2.45, 2.75) is 25.3 Å². The number of carbonyl (C=O) groups is 1. The quantitative estimate of drug-likeness (QED) is 0.717. The lowest BCUT2D eigenvalue weighted by molar-refractivity contribution is 0.0953. The maximum Gasteiger partial charge on any atom is 0.192 e. The van der Waals surface area contributed by atoms with E-state index in [0.717, 1.165) is 5.56 Å². The van der Waals surface area contributed by atoms with E-state index in [4.69, 9.17) is 4.74 Å². The Labute approximate surface area is 93.6 Å². The fourth-order valence-electron chi connectivity index (χ4n) is 2.22. The molecule has 0 saturated carbocycles. The third-order valence-electron chi connectivity index (χ3n) is 3.22. The Bertz CT molecular complexity index is 465. The van der Waals surface area contributed by atoms with Crippen molar-refractivity contribution in [3.63, 3.8) is 0 Å². The number of methoxy groups -OCH3 is 1. The summed E-state index contributed by atoms with van der Waals surface area (Å²) in [5.74, 6) is 0.406. The summed E-state index contributed by atoms with van der Waals surface area (Å²) in [6.07, 6.45) is 0. The summed E-state index contributed by atoms with van der Waals surface area (Å²) in [6, 6.07) is 4.47. The van der Waals surface area contributed by atoms with Crippen LogP contribution in [0.15, 0.2) is 23.4 Å². The van der Waals surface area contributed by atoms with Crippen LogP contribution in [0.3, 0.4) is 0 Å². The number of carbonyl (C=O) groups excluding carboxylic acids is 1. The highest BCUT2D eigenvalue weighted by Gasteiger charge is 2.47. The zero-order valence-corrected chi connectivity index (χ0v) is 9.48. The molecule has 1 aromatic rings. The lowest BCUT2D eigenvalue weighted by Crippen LogP contribution is -2.30. The van der Waals surface area contributed by atoms with Crippen LogP contribution in [0.1, 0.15) is 29.8 Å². The largest absolute Gasteiger partial charge is 0.497 e. The number of nitrogens with zero attached hydrogens (tertiary/aromatic N) is 1. The van der Waals surface area contributed by atoms with Crippen molar-refractivity contribution in [3.8, 4) is 5.75 Å². The second-order valence-electron chi connectivity index (χ2n) is 4.51. The molecule has 1 unspecified atom stereocenters. The van der Waals surface area contributed by atoms with E-state index < -0.39 is 11.5 Å². The third kappa shape index (κ3) is 1.26. The number of ether oxygens (including phenoxy) is 1. The van der Waals surface area contributed by atoms with Crippen molar-refractivity contribution < 1.29 is 9.53 Å². The van der Waals surface area contributed by atoms with Gasteiger partial charge in [-0.2, -0.15) is 0 Å². The summed E-state index contributed by atoms with van der Waals surface area (Å²) in [5.41, 5.74) is 0.886. The topological polar surface area (TPSA) is 55.7 Å². The number of ketones is 1. The van der Waals surface area contributed by atoms with Crippen molar-refractivity contribution in [1.29, 1.82) is 0 Å². The van der Waals surface area contributed by atoms with Crippen molar-refractivity contribution in [2.75, 3.05) is 7.11 Å². The molecule has 1 aliphatic carbocycles. The molecule has 0 amide bonds. The van der Waals surface area contributed by atoms with Crippen LogP contribution in [0, 0.1) is 4.91 Å². The summed E-state index contributed by atoms with van der Waals surface area (Å²) in [7, 11) is 1.54. The molecule has 0 fully saturated rings. The zero-order valence-electron chi connectivity index (χ0n) is 9.48. The van der Waals surface area contributed by atoms with Crippen molar-refractivity contribution in [3.05, 3.63) is 34.2 Å². The van der Waals surface area contributed by atoms with Gasteiger partial charge in [0.1, 0.15) is 5.75 Å². The van der Waals surface area contributed by atoms with Gasteiger partial charge in [0, 0.05) is 11.0 Å². The van der Waals surface area contributed by atoms with E-state index in [1.54, 1.807) is 19.2 Å². The lowest BCUT2D eigenvalue weighted by atomic mass is 9.83. The van der Waals surface area contributed by atoms with Crippen LogP contribution >= 0.6 is 0 Å². The number of hydrogen-bond donors (Lipinski definition) is 0. The SMILES string of the molecule is COc1ccc2c(c1)C(=O)C(N=O)C2(C)C. The maximum atomic E-state index is 12.0. The fraction of sp³-hybridized carbons (Fsp3) is 0.417. The van der Waals surface area contributed by atoms with Gasteiger partial charge in [0.15, 0.2) is 11.8 Å². The molecule has 0 aromatic heterocycles. The van der Waals surface area contributed by atoms with Gasteiger partial charge in [-0.3, -0.25) is 4.79 Å². The van der Waals surface area contributed by atoms with Crippen molar-refractivity contribution >= 4 is 5.78 Å². The van der Waals surface area contributed by atoms with Gasteiger partial charge in [0.25, 0.3) is 0 Å². The Kier molecular flexibility index (Phi) is 2.30. The smallest absolute Gasteiger partial charge is 0.192 e. The Morgan fingerprint density at radius 2 is 2.06 bits per heavy atom. The van der Waals surface area contributed by atoms with Gasteiger partial charge in [-0.15, -0.1) is 4.91 Å². The summed E-state index contributed by atoms with van der Waals surface area (Å²) in [4.78, 5) is 22.7. The molecule has 0 radical (unpaired) electrons. The first-order chi connectivity index (χ1) is 7.52. The molecule has 1 aromatic carbocycles. The zero-order chi connectivity index (χ0) is 11.9. The van der Waals surface area contributed by atoms with Gasteiger partial charge in [-0.1, -0.05) is 25.1 Å². The predicted octanol–water partition coefficient (Wildman–Crippen LogP) is 2.30. The molecule has 0 aliphatic heterocycles. The van der Waals surface area contributed by atoms with E-state index >= 15 is 0 Å². The normalized spacial score (nSPS) is 21.7. The lowest BCUT2D eigenvalue weighted by Gasteiger charge is -2.21. The van der Waals surface area contributed by atoms with E-state index in [1.165, 1.54) is 0 Å². The van der Waals surface area contributed by atoms with Gasteiger partial charge >= 0.3 is 0 Å². The summed E-state index contributed by atoms with van der Waals surface area (Å²) < 4.78 is 5.06. The maximum absolute atomic E-state index is 12.0. The van der Waals surface area contributed by atoms with Gasteiger partial charge in [0.05, 0.1) is 7.11 Å². The van der Waals surface area contributed by atoms with Crippen LogP contribution < -0.4 is 4.74 Å². The number of Topliss-reactive ketones (excluding diaryl/α,β-unsaturated/α-hetero) is 1. The number of benzene rings is 1. The molecule has 0 heterocycles. The average molecular weight is 219 g/mol. The molecule has 4 nitrogen and oxygen atoms in total. The first kappa shape index (κ1) is 10.8. The second kappa shape index (κ2) is 3.40. The number of rotatable bonds is 2. The van der Waals surface area contributed by atoms with Crippen molar-refractivity contribution in [1.82, 2.24) is 0 Å². The van der Waals surface area contributed by atoms with Crippen LogP contribution in [-0.2, 0) is 5.41 Å². The van der Waals surface area contributed by atoms with Gasteiger partial charge < -0.3 is 4.74 Å². The highest BCUT2D eigenvalue weighted by atomic mass is 16.5. The second-order valence-corrected chi connectivity index (χ2v) is 4.51. The monoisotopic (exact) mass is 219 g/mol. The molecule has 0 N–H and O–H groups in total. The van der Waals surface area contributed by atoms with Gasteiger partial charge in [-0.05, 0) is 17.7 Å². The van der Waals surface area contributed by atoms with E-state index in [2.05, 4.69) is 5.18 Å². The Hall–Kier alpha value is -1.71. The standard InChI is InChI=1S/C12H13NO3/c1-12(2)9-5-4-7(16-3)6-8(9)10(14)11(12)13-15/h4-6,11H,1-3H3. The minimum Gasteiger partial charge on any atom is -0.497 e. The average Bonchev–Trinajstić information content (AvgIpc) is 2.46. The van der Waals surface area contributed by atoms with Crippen LogP contribution in [-0.4, -0.2) is 18.9 Å². The molecule has 1 atom stereocenters. The van der Waals surface area contributed by atoms with Crippen LogP contribution in [0.5, 0.6) is 5.75 Å². The van der Waals surface area contributed by atoms with Crippen LogP contribution in [0.25, 0.3) is 0 Å². The number of fused-ring (bicyclic) bond motifs is 1. The molecule has 4 heteroatoms. The number of hydrogen-bond acceptors (Lipinski definition) is 4. The van der Waals surface area contributed by atoms with Gasteiger partial charge in [-0.25, -0.2) is 0 Å². The molecule has 16 heavy (non-hydrogen) atoms. The van der Waals surface area contributed by atoms with E-state index in [9.17, 15) is 9.70 Å². The molecule has 0 spiro atoms. The van der Waals surface area contributed by atoms with E-state index in [0.29, 0.717) is 11.3 Å². The predicted molar refractivity (Wildman–Crippen MR) is 59.9 cm³/mol. The Morgan fingerprint density at radius 3 is 2.62 bits per heavy atom. The van der Waals surface area contributed by atoms with Gasteiger partial charge in [0.2, 0.25) is 0 Å². The highest BCUT2D eigenvalue weighted by Crippen LogP contribution is 2.41. The summed E-state index contributed by atoms with van der Waals surface area (Å²) in [5, 5.41) is 2.95. The van der Waals surface area contributed by atoms with Crippen LogP contribution in [0.4, 0.5) is 0 Å². The fourth-order valence-corrected chi connectivity index (χ4v) is 2.22. The first-order valence-electron chi connectivity index (χ1n) is 5.07. The highest BCUT2D eigenvalue weighted by molar-refractivity contribution is 6.06.